The van der Waals surface area contributed by atoms with E-state index in [-0.39, 0.29) is 36.9 Å². The van der Waals surface area contributed by atoms with Crippen LogP contribution in [0.3, 0.4) is 0 Å². The van der Waals surface area contributed by atoms with Crippen LogP contribution in [0.25, 0.3) is 0 Å². The van der Waals surface area contributed by atoms with Gasteiger partial charge in [0.2, 0.25) is 0 Å². The first-order chi connectivity index (χ1) is 16.1. The summed E-state index contributed by atoms with van der Waals surface area (Å²) in [5, 5.41) is 19.8. The van der Waals surface area contributed by atoms with Crippen LogP contribution >= 0.6 is 0 Å². The molecule has 3 fully saturated rings. The lowest BCUT2D eigenvalue weighted by Crippen LogP contribution is -2.31. The molecule has 0 amide bonds. The number of hydrogen-bond donors (Lipinski definition) is 2. The lowest BCUT2D eigenvalue weighted by atomic mass is 9.90. The Balaban J connectivity index is 1.32. The van der Waals surface area contributed by atoms with E-state index in [1.165, 1.54) is 0 Å². The van der Waals surface area contributed by atoms with E-state index in [0.29, 0.717) is 32.8 Å². The zero-order chi connectivity index (χ0) is 23.3. The van der Waals surface area contributed by atoms with Gasteiger partial charge in [-0.15, -0.1) is 0 Å². The van der Waals surface area contributed by atoms with E-state index in [1.54, 1.807) is 0 Å². The van der Waals surface area contributed by atoms with Crippen LogP contribution in [0, 0.1) is 11.8 Å². The molecule has 0 aromatic heterocycles. The SMILES string of the molecule is O=C(O)C[C@@H]1[C@@H](C=CCCCCOCCOC2CCCCO2)[C@H](OC2CCCCO2)C[C@@H]1O. The fourth-order valence-electron chi connectivity index (χ4n) is 4.91. The van der Waals surface area contributed by atoms with E-state index in [9.17, 15) is 15.0 Å². The number of hydrogen-bond acceptors (Lipinski definition) is 7. The normalized spacial score (nSPS) is 33.0. The van der Waals surface area contributed by atoms with Gasteiger partial charge in [-0.05, 0) is 57.8 Å². The maximum atomic E-state index is 11.3. The third-order valence-corrected chi connectivity index (χ3v) is 6.70. The fourth-order valence-corrected chi connectivity index (χ4v) is 4.91. The molecule has 1 saturated carbocycles. The van der Waals surface area contributed by atoms with E-state index in [2.05, 4.69) is 12.2 Å². The molecule has 8 nitrogen and oxygen atoms in total. The molecule has 2 N–H and O–H groups in total. The third kappa shape index (κ3) is 9.62. The molecular formula is C25H42O8. The Morgan fingerprint density at radius 3 is 2.42 bits per heavy atom. The molecule has 0 spiro atoms. The van der Waals surface area contributed by atoms with Gasteiger partial charge in [0.25, 0.3) is 0 Å². The van der Waals surface area contributed by atoms with Crippen LogP contribution in [-0.4, -0.2) is 74.0 Å². The van der Waals surface area contributed by atoms with Crippen molar-refractivity contribution >= 4 is 5.97 Å². The van der Waals surface area contributed by atoms with Crippen molar-refractivity contribution in [2.24, 2.45) is 11.8 Å². The highest BCUT2D eigenvalue weighted by molar-refractivity contribution is 5.67. The minimum Gasteiger partial charge on any atom is -0.481 e. The molecule has 0 radical (unpaired) electrons. The molecule has 2 aliphatic heterocycles. The zero-order valence-electron chi connectivity index (χ0n) is 19.8. The van der Waals surface area contributed by atoms with Crippen LogP contribution < -0.4 is 0 Å². The number of rotatable bonds is 14. The maximum Gasteiger partial charge on any atom is 0.303 e. The predicted octanol–water partition coefficient (Wildman–Crippen LogP) is 3.66. The predicted molar refractivity (Wildman–Crippen MR) is 122 cm³/mol. The highest BCUT2D eigenvalue weighted by Crippen LogP contribution is 2.39. The Labute approximate surface area is 197 Å². The fraction of sp³-hybridized carbons (Fsp3) is 0.880. The Kier molecular flexibility index (Phi) is 12.1. The van der Waals surface area contributed by atoms with Gasteiger partial charge in [0.05, 0.1) is 31.8 Å². The molecule has 3 rings (SSSR count). The minimum atomic E-state index is -0.886. The number of carboxylic acids is 1. The first-order valence-electron chi connectivity index (χ1n) is 12.8. The molecule has 1 aliphatic carbocycles. The van der Waals surface area contributed by atoms with Crippen LogP contribution in [-0.2, 0) is 28.5 Å². The summed E-state index contributed by atoms with van der Waals surface area (Å²) in [6, 6.07) is 0. The number of allylic oxidation sites excluding steroid dienone is 1. The largest absolute Gasteiger partial charge is 0.481 e. The second-order valence-corrected chi connectivity index (χ2v) is 9.32. The van der Waals surface area contributed by atoms with Crippen molar-refractivity contribution in [3.05, 3.63) is 12.2 Å². The highest BCUT2D eigenvalue weighted by Gasteiger charge is 2.43. The van der Waals surface area contributed by atoms with Crippen molar-refractivity contribution in [1.82, 2.24) is 0 Å². The third-order valence-electron chi connectivity index (χ3n) is 6.70. The van der Waals surface area contributed by atoms with Gasteiger partial charge in [0.1, 0.15) is 0 Å². The van der Waals surface area contributed by atoms with Gasteiger partial charge in [0, 0.05) is 38.1 Å². The van der Waals surface area contributed by atoms with Crippen LogP contribution in [0.4, 0.5) is 0 Å². The molecule has 190 valence electrons. The van der Waals surface area contributed by atoms with Gasteiger partial charge in [-0.25, -0.2) is 0 Å². The van der Waals surface area contributed by atoms with Crippen molar-refractivity contribution in [2.45, 2.75) is 95.4 Å². The molecule has 0 bridgehead atoms. The summed E-state index contributed by atoms with van der Waals surface area (Å²) >= 11 is 0. The summed E-state index contributed by atoms with van der Waals surface area (Å²) in [5.74, 6) is -1.33. The number of carboxylic acid groups (broad SMARTS) is 1. The second-order valence-electron chi connectivity index (χ2n) is 9.32. The topological polar surface area (TPSA) is 104 Å². The Bertz CT molecular complexity index is 571. The summed E-state index contributed by atoms with van der Waals surface area (Å²) in [6.07, 6.45) is 12.4. The summed E-state index contributed by atoms with van der Waals surface area (Å²) in [4.78, 5) is 11.3. The summed E-state index contributed by atoms with van der Waals surface area (Å²) in [7, 11) is 0. The van der Waals surface area contributed by atoms with Gasteiger partial charge in [-0.1, -0.05) is 12.2 Å². The minimum absolute atomic E-state index is 0.0522. The molecule has 2 saturated heterocycles. The van der Waals surface area contributed by atoms with Crippen LogP contribution in [0.15, 0.2) is 12.2 Å². The molecule has 8 heteroatoms. The van der Waals surface area contributed by atoms with Crippen LogP contribution in [0.2, 0.25) is 0 Å². The van der Waals surface area contributed by atoms with E-state index in [0.717, 1.165) is 64.4 Å². The summed E-state index contributed by atoms with van der Waals surface area (Å²) in [5.41, 5.74) is 0. The lowest BCUT2D eigenvalue weighted by molar-refractivity contribution is -0.193. The van der Waals surface area contributed by atoms with Gasteiger partial charge in [-0.3, -0.25) is 4.79 Å². The number of carbonyl (C=O) groups is 1. The zero-order valence-corrected chi connectivity index (χ0v) is 19.8. The number of aliphatic hydroxyl groups is 1. The number of aliphatic carboxylic acids is 1. The number of unbranched alkanes of at least 4 members (excludes halogenated alkanes) is 2. The van der Waals surface area contributed by atoms with Crippen molar-refractivity contribution in [2.75, 3.05) is 33.0 Å². The van der Waals surface area contributed by atoms with Crippen molar-refractivity contribution < 1.29 is 38.7 Å². The average Bonchev–Trinajstić information content (AvgIpc) is 3.09. The second kappa shape index (κ2) is 15.1. The summed E-state index contributed by atoms with van der Waals surface area (Å²) < 4.78 is 28.7. The standard InChI is InChI=1S/C25H42O8/c26-21-18-22(33-25-11-5-8-14-31-25)19(20(21)17-23(27)28)9-3-1-2-6-12-29-15-16-32-24-10-4-7-13-30-24/h3,9,19-22,24-26H,1-2,4-8,10-18H2,(H,27,28)/t19-,20-,21+,22-,24?,25?/m1/s1. The quantitative estimate of drug-likeness (QED) is 0.293. The van der Waals surface area contributed by atoms with Crippen molar-refractivity contribution in [3.8, 4) is 0 Å². The molecule has 0 aromatic rings. The van der Waals surface area contributed by atoms with Gasteiger partial charge < -0.3 is 33.9 Å². The van der Waals surface area contributed by atoms with E-state index < -0.39 is 12.1 Å². The molecule has 6 atom stereocenters. The Morgan fingerprint density at radius 2 is 1.73 bits per heavy atom. The van der Waals surface area contributed by atoms with Crippen molar-refractivity contribution in [3.63, 3.8) is 0 Å². The molecule has 2 unspecified atom stereocenters. The van der Waals surface area contributed by atoms with E-state index >= 15 is 0 Å². The first-order valence-corrected chi connectivity index (χ1v) is 12.8. The van der Waals surface area contributed by atoms with E-state index in [4.69, 9.17) is 23.7 Å². The molecule has 0 aromatic carbocycles. The molecule has 33 heavy (non-hydrogen) atoms. The smallest absolute Gasteiger partial charge is 0.303 e. The molecular weight excluding hydrogens is 428 g/mol. The molecule has 2 heterocycles. The Hall–Kier alpha value is -1.03. The van der Waals surface area contributed by atoms with Crippen LogP contribution in [0.1, 0.15) is 70.6 Å². The summed E-state index contributed by atoms with van der Waals surface area (Å²) in [6.45, 7) is 3.32. The Morgan fingerprint density at radius 1 is 0.970 bits per heavy atom. The van der Waals surface area contributed by atoms with Gasteiger partial charge in [0.15, 0.2) is 12.6 Å². The average molecular weight is 471 g/mol. The lowest BCUT2D eigenvalue weighted by Gasteiger charge is -2.29. The monoisotopic (exact) mass is 470 g/mol. The van der Waals surface area contributed by atoms with Gasteiger partial charge >= 0.3 is 5.97 Å². The van der Waals surface area contributed by atoms with Crippen molar-refractivity contribution in [1.29, 1.82) is 0 Å². The number of aliphatic hydroxyl groups excluding tert-OH is 1. The highest BCUT2D eigenvalue weighted by atomic mass is 16.7. The maximum absolute atomic E-state index is 11.3. The van der Waals surface area contributed by atoms with Gasteiger partial charge in [-0.2, -0.15) is 0 Å². The number of ether oxygens (including phenoxy) is 5. The first kappa shape index (κ1) is 26.6. The van der Waals surface area contributed by atoms with E-state index in [1.807, 2.05) is 0 Å². The molecule has 3 aliphatic rings. The van der Waals surface area contributed by atoms with Crippen LogP contribution in [0.5, 0.6) is 0 Å².